The lowest BCUT2D eigenvalue weighted by Gasteiger charge is -2.05. The van der Waals surface area contributed by atoms with Crippen molar-refractivity contribution in [1.82, 2.24) is 0 Å². The zero-order chi connectivity index (χ0) is 10.4. The lowest BCUT2D eigenvalue weighted by atomic mass is 10.1. The molecule has 3 heteroatoms. The minimum Gasteiger partial charge on any atom is -0.472 e. The summed E-state index contributed by atoms with van der Waals surface area (Å²) >= 11 is 0. The fraction of sp³-hybridized carbons (Fsp3) is 0.182. The van der Waals surface area contributed by atoms with E-state index in [9.17, 15) is 9.90 Å². The Labute approximate surface area is 82.0 Å². The second-order valence-corrected chi connectivity index (χ2v) is 2.74. The summed E-state index contributed by atoms with van der Waals surface area (Å²) in [4.78, 5) is 10.1. The van der Waals surface area contributed by atoms with Crippen molar-refractivity contribution in [2.45, 2.75) is 12.5 Å². The second kappa shape index (κ2) is 5.05. The molecule has 1 aromatic rings. The van der Waals surface area contributed by atoms with Crippen molar-refractivity contribution >= 4 is 5.97 Å². The predicted octanol–water partition coefficient (Wildman–Crippen LogP) is 1.20. The first-order valence-electron chi connectivity index (χ1n) is 4.15. The van der Waals surface area contributed by atoms with Crippen LogP contribution in [0, 0.1) is 11.8 Å². The van der Waals surface area contributed by atoms with Crippen molar-refractivity contribution in [3.8, 4) is 11.8 Å². The standard InChI is InChI=1S/C11H10O3/c12-10(7-4-8-11(13)14)9-5-2-1-3-6-9/h1-3,5-6,10,12H,7H2,(H,13,14). The van der Waals surface area contributed by atoms with Gasteiger partial charge < -0.3 is 10.2 Å². The van der Waals surface area contributed by atoms with Gasteiger partial charge in [0.25, 0.3) is 0 Å². The smallest absolute Gasteiger partial charge is 0.381 e. The third-order valence-corrected chi connectivity index (χ3v) is 1.68. The number of hydrogen-bond donors (Lipinski definition) is 2. The highest BCUT2D eigenvalue weighted by atomic mass is 16.4. The number of hydrogen-bond acceptors (Lipinski definition) is 2. The van der Waals surface area contributed by atoms with Gasteiger partial charge in [0.05, 0.1) is 6.10 Å². The predicted molar refractivity (Wildman–Crippen MR) is 51.4 cm³/mol. The summed E-state index contributed by atoms with van der Waals surface area (Å²) in [5, 5.41) is 17.8. The number of benzene rings is 1. The molecule has 0 aromatic heterocycles. The van der Waals surface area contributed by atoms with Crippen LogP contribution in [0.4, 0.5) is 0 Å². The summed E-state index contributed by atoms with van der Waals surface area (Å²) in [5.41, 5.74) is 0.743. The maximum atomic E-state index is 10.1. The van der Waals surface area contributed by atoms with E-state index < -0.39 is 12.1 Å². The van der Waals surface area contributed by atoms with Crippen LogP contribution in [0.25, 0.3) is 0 Å². The zero-order valence-electron chi connectivity index (χ0n) is 7.47. The molecule has 1 aromatic carbocycles. The topological polar surface area (TPSA) is 57.5 Å². The van der Waals surface area contributed by atoms with Crippen LogP contribution in [0.15, 0.2) is 30.3 Å². The molecule has 2 N–H and O–H groups in total. The zero-order valence-corrected chi connectivity index (χ0v) is 7.47. The number of rotatable bonds is 2. The van der Waals surface area contributed by atoms with Crippen molar-refractivity contribution in [2.75, 3.05) is 0 Å². The molecule has 0 saturated heterocycles. The SMILES string of the molecule is O=C(O)C#CCC(O)c1ccccc1. The van der Waals surface area contributed by atoms with Crippen LogP contribution in [-0.2, 0) is 4.79 Å². The molecule has 3 nitrogen and oxygen atoms in total. The molecule has 1 atom stereocenters. The molecule has 0 aliphatic heterocycles. The molecular formula is C11H10O3. The monoisotopic (exact) mass is 190 g/mol. The molecule has 0 amide bonds. The normalized spacial score (nSPS) is 11.2. The number of aliphatic hydroxyl groups excluding tert-OH is 1. The van der Waals surface area contributed by atoms with Gasteiger partial charge in [0.1, 0.15) is 0 Å². The lowest BCUT2D eigenvalue weighted by molar-refractivity contribution is -0.130. The van der Waals surface area contributed by atoms with E-state index in [0.717, 1.165) is 5.56 Å². The number of aliphatic hydroxyl groups is 1. The van der Waals surface area contributed by atoms with Crippen molar-refractivity contribution in [3.05, 3.63) is 35.9 Å². The van der Waals surface area contributed by atoms with Crippen LogP contribution < -0.4 is 0 Å². The first-order valence-corrected chi connectivity index (χ1v) is 4.15. The Balaban J connectivity index is 2.57. The summed E-state index contributed by atoms with van der Waals surface area (Å²) in [6.45, 7) is 0. The average Bonchev–Trinajstić information content (AvgIpc) is 2.18. The third kappa shape index (κ3) is 3.30. The van der Waals surface area contributed by atoms with Crippen LogP contribution in [0.2, 0.25) is 0 Å². The molecule has 0 aliphatic carbocycles. The fourth-order valence-electron chi connectivity index (χ4n) is 1.02. The molecule has 0 bridgehead atoms. The van der Waals surface area contributed by atoms with Gasteiger partial charge in [0.2, 0.25) is 0 Å². The molecule has 0 fully saturated rings. The van der Waals surface area contributed by atoms with Gasteiger partial charge in [-0.05, 0) is 5.56 Å². The van der Waals surface area contributed by atoms with Crippen LogP contribution in [0.1, 0.15) is 18.1 Å². The van der Waals surface area contributed by atoms with E-state index in [1.54, 1.807) is 12.1 Å². The number of carboxylic acid groups (broad SMARTS) is 1. The Hall–Kier alpha value is -1.79. The van der Waals surface area contributed by atoms with Crippen LogP contribution in [0.3, 0.4) is 0 Å². The quantitative estimate of drug-likeness (QED) is 0.689. The van der Waals surface area contributed by atoms with Crippen molar-refractivity contribution in [3.63, 3.8) is 0 Å². The van der Waals surface area contributed by atoms with Gasteiger partial charge in [-0.15, -0.1) is 0 Å². The summed E-state index contributed by atoms with van der Waals surface area (Å²) in [6, 6.07) is 9.01. The molecule has 0 aliphatic rings. The van der Waals surface area contributed by atoms with Gasteiger partial charge in [-0.1, -0.05) is 36.3 Å². The Bertz CT molecular complexity index is 359. The van der Waals surface area contributed by atoms with Crippen molar-refractivity contribution in [2.24, 2.45) is 0 Å². The molecule has 1 rings (SSSR count). The maximum absolute atomic E-state index is 10.1. The van der Waals surface area contributed by atoms with E-state index in [4.69, 9.17) is 5.11 Å². The molecule has 0 radical (unpaired) electrons. The Morgan fingerprint density at radius 2 is 2.00 bits per heavy atom. The van der Waals surface area contributed by atoms with E-state index in [0.29, 0.717) is 0 Å². The molecule has 0 heterocycles. The second-order valence-electron chi connectivity index (χ2n) is 2.74. The number of aliphatic carboxylic acids is 1. The van der Waals surface area contributed by atoms with Crippen LogP contribution in [0.5, 0.6) is 0 Å². The van der Waals surface area contributed by atoms with Gasteiger partial charge in [-0.2, -0.15) is 0 Å². The summed E-state index contributed by atoms with van der Waals surface area (Å²) in [5.74, 6) is 3.16. The van der Waals surface area contributed by atoms with Gasteiger partial charge in [0.15, 0.2) is 0 Å². The van der Waals surface area contributed by atoms with E-state index in [1.807, 2.05) is 24.1 Å². The highest BCUT2D eigenvalue weighted by Gasteiger charge is 2.03. The molecular weight excluding hydrogens is 180 g/mol. The third-order valence-electron chi connectivity index (χ3n) is 1.68. The summed E-state index contributed by atoms with van der Waals surface area (Å²) in [6.07, 6.45) is -0.584. The van der Waals surface area contributed by atoms with E-state index in [2.05, 4.69) is 5.92 Å². The molecule has 0 saturated carbocycles. The average molecular weight is 190 g/mol. The Kier molecular flexibility index (Phi) is 3.71. The van der Waals surface area contributed by atoms with Crippen molar-refractivity contribution < 1.29 is 15.0 Å². The fourth-order valence-corrected chi connectivity index (χ4v) is 1.02. The highest BCUT2D eigenvalue weighted by Crippen LogP contribution is 2.14. The van der Waals surface area contributed by atoms with E-state index in [-0.39, 0.29) is 6.42 Å². The van der Waals surface area contributed by atoms with Crippen LogP contribution >= 0.6 is 0 Å². The maximum Gasteiger partial charge on any atom is 0.381 e. The lowest BCUT2D eigenvalue weighted by Crippen LogP contribution is -1.95. The minimum atomic E-state index is -1.18. The summed E-state index contributed by atoms with van der Waals surface area (Å²) < 4.78 is 0. The summed E-state index contributed by atoms with van der Waals surface area (Å²) in [7, 11) is 0. The van der Waals surface area contributed by atoms with Gasteiger partial charge in [0, 0.05) is 12.3 Å². The highest BCUT2D eigenvalue weighted by molar-refractivity contribution is 5.86. The first-order chi connectivity index (χ1) is 6.70. The minimum absolute atomic E-state index is 0.135. The molecule has 14 heavy (non-hydrogen) atoms. The van der Waals surface area contributed by atoms with E-state index >= 15 is 0 Å². The first kappa shape index (κ1) is 10.3. The number of carbonyl (C=O) groups is 1. The largest absolute Gasteiger partial charge is 0.472 e. The van der Waals surface area contributed by atoms with Gasteiger partial charge in [-0.3, -0.25) is 0 Å². The number of carboxylic acids is 1. The molecule has 0 spiro atoms. The Morgan fingerprint density at radius 3 is 2.57 bits per heavy atom. The van der Waals surface area contributed by atoms with Gasteiger partial charge in [-0.25, -0.2) is 4.79 Å². The molecule has 72 valence electrons. The van der Waals surface area contributed by atoms with E-state index in [1.165, 1.54) is 0 Å². The Morgan fingerprint density at radius 1 is 1.36 bits per heavy atom. The molecule has 1 unspecified atom stereocenters. The van der Waals surface area contributed by atoms with Crippen LogP contribution in [-0.4, -0.2) is 16.2 Å². The van der Waals surface area contributed by atoms with Gasteiger partial charge >= 0.3 is 5.97 Å². The van der Waals surface area contributed by atoms with Crippen molar-refractivity contribution in [1.29, 1.82) is 0 Å².